The number of ether oxygens (including phenoxy) is 2. The molecular formula is C34H47N9O10. The molecule has 0 aromatic heterocycles. The third kappa shape index (κ3) is 18.0. The van der Waals surface area contributed by atoms with Crippen LogP contribution in [0.5, 0.6) is 0 Å². The molecule has 2 aromatic carbocycles. The van der Waals surface area contributed by atoms with Crippen molar-refractivity contribution in [2.75, 3.05) is 26.7 Å². The zero-order chi connectivity index (χ0) is 39.2. The number of hydrogen-bond acceptors (Lipinski definition) is 11. The molecule has 0 aliphatic rings. The van der Waals surface area contributed by atoms with Crippen LogP contribution in [0.15, 0.2) is 65.7 Å². The number of esters is 1. The molecule has 19 nitrogen and oxygen atoms in total. The molecule has 0 fully saturated rings. The molecule has 2 rings (SSSR count). The van der Waals surface area contributed by atoms with Crippen LogP contribution in [0, 0.1) is 16.0 Å². The number of benzene rings is 2. The minimum atomic E-state index is -1.14. The number of aliphatic imine (C=N–C) groups is 1. The summed E-state index contributed by atoms with van der Waals surface area (Å²) in [5.41, 5.74) is 8.50. The Balaban J connectivity index is 1.97. The Bertz CT molecular complexity index is 1560. The summed E-state index contributed by atoms with van der Waals surface area (Å²) in [5, 5.41) is 22.0. The molecule has 0 saturated carbocycles. The number of alkyl carbamates (subject to hydrolysis) is 1. The lowest BCUT2D eigenvalue weighted by Crippen LogP contribution is -2.55. The van der Waals surface area contributed by atoms with Crippen LogP contribution in [0.1, 0.15) is 44.2 Å². The number of nitrogens with one attached hydrogen (secondary N) is 6. The predicted molar refractivity (Wildman–Crippen MR) is 191 cm³/mol. The highest BCUT2D eigenvalue weighted by Gasteiger charge is 2.28. The Morgan fingerprint density at radius 3 is 2.04 bits per heavy atom. The van der Waals surface area contributed by atoms with Gasteiger partial charge in [-0.25, -0.2) is 24.7 Å². The summed E-state index contributed by atoms with van der Waals surface area (Å²) in [6, 6.07) is 14.6. The minimum Gasteiger partial charge on any atom is -0.467 e. The Morgan fingerprint density at radius 1 is 0.811 bits per heavy atom. The van der Waals surface area contributed by atoms with Crippen molar-refractivity contribution in [3.63, 3.8) is 0 Å². The van der Waals surface area contributed by atoms with Gasteiger partial charge in [0.15, 0.2) is 5.03 Å². The van der Waals surface area contributed by atoms with Crippen molar-refractivity contribution in [2.45, 2.75) is 64.3 Å². The van der Waals surface area contributed by atoms with E-state index in [9.17, 15) is 38.9 Å². The zero-order valence-corrected chi connectivity index (χ0v) is 29.8. The number of carbonyl (C=O) groups is 6. The molecule has 0 aliphatic carbocycles. The summed E-state index contributed by atoms with van der Waals surface area (Å²) in [6.07, 6.45) is -0.245. The molecule has 0 radical (unpaired) electrons. The van der Waals surface area contributed by atoms with E-state index in [1.165, 1.54) is 0 Å². The molecule has 19 heteroatoms. The van der Waals surface area contributed by atoms with Gasteiger partial charge < -0.3 is 41.8 Å². The van der Waals surface area contributed by atoms with E-state index in [0.717, 1.165) is 12.7 Å². The number of methoxy groups -OCH3 is 1. The van der Waals surface area contributed by atoms with E-state index in [1.807, 2.05) is 19.9 Å². The van der Waals surface area contributed by atoms with E-state index >= 15 is 0 Å². The van der Waals surface area contributed by atoms with Crippen LogP contribution in [0.2, 0.25) is 0 Å². The maximum atomic E-state index is 13.5. The highest BCUT2D eigenvalue weighted by Crippen LogP contribution is 2.09. The van der Waals surface area contributed by atoms with Crippen LogP contribution in [-0.2, 0) is 46.5 Å². The summed E-state index contributed by atoms with van der Waals surface area (Å²) in [4.78, 5) is 90.7. The van der Waals surface area contributed by atoms with Gasteiger partial charge in [-0.2, -0.15) is 0 Å². The van der Waals surface area contributed by atoms with Gasteiger partial charge in [-0.15, -0.1) is 0 Å². The number of nitro groups is 1. The van der Waals surface area contributed by atoms with Crippen molar-refractivity contribution in [2.24, 2.45) is 16.6 Å². The van der Waals surface area contributed by atoms with Gasteiger partial charge in [-0.1, -0.05) is 79.9 Å². The number of amides is 5. The second-order valence-corrected chi connectivity index (χ2v) is 12.1. The molecule has 8 N–H and O–H groups in total. The first kappa shape index (κ1) is 42.9. The number of guanidine groups is 1. The summed E-state index contributed by atoms with van der Waals surface area (Å²) < 4.78 is 9.99. The molecule has 0 spiro atoms. The molecular weight excluding hydrogens is 694 g/mol. The lowest BCUT2D eigenvalue weighted by molar-refractivity contribution is -0.525. The second-order valence-electron chi connectivity index (χ2n) is 12.1. The van der Waals surface area contributed by atoms with Gasteiger partial charge in [-0.05, 0) is 36.3 Å². The van der Waals surface area contributed by atoms with Crippen molar-refractivity contribution in [3.05, 3.63) is 81.9 Å². The Labute approximate surface area is 306 Å². The monoisotopic (exact) mass is 741 g/mol. The first-order valence-corrected chi connectivity index (χ1v) is 16.7. The van der Waals surface area contributed by atoms with Gasteiger partial charge in [0, 0.05) is 13.0 Å². The van der Waals surface area contributed by atoms with Crippen LogP contribution < -0.4 is 37.7 Å². The van der Waals surface area contributed by atoms with Gasteiger partial charge >= 0.3 is 12.1 Å². The van der Waals surface area contributed by atoms with Crippen molar-refractivity contribution < 1.29 is 43.3 Å². The number of rotatable bonds is 21. The van der Waals surface area contributed by atoms with E-state index in [0.29, 0.717) is 5.56 Å². The number of nitrogens with zero attached hydrogens (tertiary/aromatic N) is 2. The fraction of sp³-hybridized carbons (Fsp3) is 0.441. The summed E-state index contributed by atoms with van der Waals surface area (Å²) in [5.74, 6) is -4.01. The summed E-state index contributed by atoms with van der Waals surface area (Å²) in [7, 11) is 1.12. The maximum absolute atomic E-state index is 13.5. The number of hydrazine groups is 1. The highest BCUT2D eigenvalue weighted by molar-refractivity contribution is 5.94. The smallest absolute Gasteiger partial charge is 0.408 e. The predicted octanol–water partition coefficient (Wildman–Crippen LogP) is -0.179. The molecule has 0 bridgehead atoms. The first-order chi connectivity index (χ1) is 25.3. The van der Waals surface area contributed by atoms with Crippen molar-refractivity contribution >= 4 is 41.7 Å². The van der Waals surface area contributed by atoms with E-state index in [1.54, 1.807) is 60.0 Å². The molecule has 53 heavy (non-hydrogen) atoms. The van der Waals surface area contributed by atoms with Crippen LogP contribution >= 0.6 is 0 Å². The number of hydrogen-bond donors (Lipinski definition) is 7. The molecule has 3 atom stereocenters. The van der Waals surface area contributed by atoms with Crippen LogP contribution in [0.25, 0.3) is 0 Å². The first-order valence-electron chi connectivity index (χ1n) is 16.7. The fourth-order valence-electron chi connectivity index (χ4n) is 4.73. The highest BCUT2D eigenvalue weighted by atomic mass is 16.7. The molecule has 0 saturated heterocycles. The quantitative estimate of drug-likeness (QED) is 0.0219. The average Bonchev–Trinajstić information content (AvgIpc) is 3.12. The molecule has 5 amide bonds. The zero-order valence-electron chi connectivity index (χ0n) is 29.8. The topological polar surface area (TPSA) is 275 Å². The van der Waals surface area contributed by atoms with E-state index in [4.69, 9.17) is 15.2 Å². The minimum absolute atomic E-state index is 0.00372. The lowest BCUT2D eigenvalue weighted by atomic mass is 10.0. The molecule has 0 heterocycles. The SMILES string of the molecule is COC(=O)[C@H](CCCN=C(N)N[N+](=O)[O-])NC(=O)CNC(=O)CNC(=O)[C@H](Cc1ccccc1)NC(=O)[C@H](CC(C)C)NC(=O)OCc1ccccc1. The van der Waals surface area contributed by atoms with Crippen molar-refractivity contribution in [3.8, 4) is 0 Å². The number of nitrogens with two attached hydrogens (primary N) is 1. The van der Waals surface area contributed by atoms with E-state index in [2.05, 4.69) is 31.6 Å². The van der Waals surface area contributed by atoms with Gasteiger partial charge in [0.1, 0.15) is 24.7 Å². The fourth-order valence-corrected chi connectivity index (χ4v) is 4.73. The van der Waals surface area contributed by atoms with Crippen molar-refractivity contribution in [1.82, 2.24) is 32.0 Å². The molecule has 0 aliphatic heterocycles. The van der Waals surface area contributed by atoms with Crippen LogP contribution in [0.4, 0.5) is 4.79 Å². The van der Waals surface area contributed by atoms with Crippen LogP contribution in [-0.4, -0.2) is 91.6 Å². The number of carbonyl (C=O) groups excluding carboxylic acids is 6. The molecule has 2 aromatic rings. The third-order valence-corrected chi connectivity index (χ3v) is 7.27. The standard InChI is InChI=1S/C34H47N9O10/c1-22(2)17-26(41-34(49)53-21-24-13-8-5-9-14-24)31(47)40-27(18-23-11-6-4-7-12-23)30(46)38-19-28(44)37-20-29(45)39-25(32(48)52-3)15-10-16-36-33(35)42-43(50)51/h4-9,11-14,22,25-27H,10,15-21H2,1-3H3,(H,37,44)(H,38,46)(H,39,45)(H,40,47)(H,41,49)(H3,35,36,42)/t25-,26-,27-/m0/s1. The van der Waals surface area contributed by atoms with Gasteiger partial charge in [0.25, 0.3) is 5.96 Å². The lowest BCUT2D eigenvalue weighted by Gasteiger charge is -2.24. The van der Waals surface area contributed by atoms with E-state index < -0.39 is 77.9 Å². The molecule has 0 unspecified atom stereocenters. The Morgan fingerprint density at radius 2 is 1.43 bits per heavy atom. The average molecular weight is 742 g/mol. The van der Waals surface area contributed by atoms with Gasteiger partial charge in [0.2, 0.25) is 23.6 Å². The van der Waals surface area contributed by atoms with Crippen LogP contribution in [0.3, 0.4) is 0 Å². The van der Waals surface area contributed by atoms with E-state index in [-0.39, 0.29) is 44.8 Å². The summed E-state index contributed by atoms with van der Waals surface area (Å²) >= 11 is 0. The largest absolute Gasteiger partial charge is 0.467 e. The maximum Gasteiger partial charge on any atom is 0.408 e. The molecule has 288 valence electrons. The normalized spacial score (nSPS) is 12.6. The second kappa shape index (κ2) is 23.3. The van der Waals surface area contributed by atoms with Gasteiger partial charge in [-0.3, -0.25) is 19.2 Å². The third-order valence-electron chi connectivity index (χ3n) is 7.27. The van der Waals surface area contributed by atoms with Crippen molar-refractivity contribution in [1.29, 1.82) is 0 Å². The van der Waals surface area contributed by atoms with Gasteiger partial charge in [0.05, 0.1) is 20.2 Å². The Kier molecular flexibility index (Phi) is 18.8. The summed E-state index contributed by atoms with van der Waals surface area (Å²) in [6.45, 7) is 2.64. The Hall–Kier alpha value is -6.27.